The summed E-state index contributed by atoms with van der Waals surface area (Å²) in [6.45, 7) is -2.07. The van der Waals surface area contributed by atoms with Gasteiger partial charge in [-0.3, -0.25) is 8.37 Å². The van der Waals surface area contributed by atoms with Crippen LogP contribution < -0.4 is 0 Å². The lowest BCUT2D eigenvalue weighted by Gasteiger charge is -2.17. The Morgan fingerprint density at radius 2 is 1.47 bits per heavy atom. The SMILES string of the molecule is COS(=O)(=O)C(F)(F)COS(=O)(=O)C(Cl)(Cl)Cl. The molecule has 0 N–H and O–H groups in total. The van der Waals surface area contributed by atoms with E-state index in [2.05, 4.69) is 8.37 Å². The fourth-order valence-corrected chi connectivity index (χ4v) is 1.77. The monoisotopic (exact) mass is 356 g/mol. The summed E-state index contributed by atoms with van der Waals surface area (Å²) < 4.78 is 73.0. The fraction of sp³-hybridized carbons (Fsp3) is 1.00. The van der Waals surface area contributed by atoms with Crippen LogP contribution in [0.3, 0.4) is 0 Å². The molecule has 0 aromatic heterocycles. The number of hydrogen-bond acceptors (Lipinski definition) is 6. The summed E-state index contributed by atoms with van der Waals surface area (Å²) in [6, 6.07) is 0. The Kier molecular flexibility index (Phi) is 5.44. The zero-order valence-electron chi connectivity index (χ0n) is 7.86. The van der Waals surface area contributed by atoms with Crippen LogP contribution in [0.1, 0.15) is 0 Å². The Hall–Kier alpha value is 0.550. The quantitative estimate of drug-likeness (QED) is 0.543. The minimum Gasteiger partial charge on any atom is -0.269 e. The van der Waals surface area contributed by atoms with E-state index in [0.717, 1.165) is 0 Å². The van der Waals surface area contributed by atoms with E-state index in [1.165, 1.54) is 0 Å². The molecule has 0 aliphatic heterocycles. The molecule has 0 rings (SSSR count). The Morgan fingerprint density at radius 1 is 1.06 bits per heavy atom. The van der Waals surface area contributed by atoms with Gasteiger partial charge in [0.15, 0.2) is 0 Å². The molecule has 13 heteroatoms. The van der Waals surface area contributed by atoms with Gasteiger partial charge in [-0.2, -0.15) is 25.6 Å². The standard InChI is InChI=1S/C4H5Cl3F2O6S2/c1-14-16(10,11)3(8,9)2-15-17(12,13)4(5,6)7/h2H2,1H3. The molecule has 0 aliphatic carbocycles. The van der Waals surface area contributed by atoms with Crippen molar-refractivity contribution in [2.75, 3.05) is 13.7 Å². The average molecular weight is 358 g/mol. The molecule has 0 amide bonds. The normalized spacial score (nSPS) is 14.9. The van der Waals surface area contributed by atoms with Crippen molar-refractivity contribution in [1.29, 1.82) is 0 Å². The summed E-state index contributed by atoms with van der Waals surface area (Å²) in [5, 5.41) is -4.61. The summed E-state index contributed by atoms with van der Waals surface area (Å²) >= 11 is 14.7. The number of alkyl halides is 5. The lowest BCUT2D eigenvalue weighted by atomic mass is 10.8. The predicted molar refractivity (Wildman–Crippen MR) is 56.0 cm³/mol. The molecule has 0 unspecified atom stereocenters. The summed E-state index contributed by atoms with van der Waals surface area (Å²) in [4.78, 5) is 0. The molecule has 0 radical (unpaired) electrons. The van der Waals surface area contributed by atoms with E-state index >= 15 is 0 Å². The van der Waals surface area contributed by atoms with Crippen molar-refractivity contribution >= 4 is 55.0 Å². The van der Waals surface area contributed by atoms with E-state index < -0.39 is 35.2 Å². The molecule has 0 aromatic carbocycles. The lowest BCUT2D eigenvalue weighted by Crippen LogP contribution is -2.37. The zero-order chi connectivity index (χ0) is 14.1. The van der Waals surface area contributed by atoms with Gasteiger partial charge in [-0.1, -0.05) is 34.8 Å². The van der Waals surface area contributed by atoms with Crippen LogP contribution in [-0.4, -0.2) is 38.9 Å². The van der Waals surface area contributed by atoms with Gasteiger partial charge in [0, 0.05) is 0 Å². The highest BCUT2D eigenvalue weighted by atomic mass is 35.6. The van der Waals surface area contributed by atoms with Gasteiger partial charge in [-0.15, -0.1) is 0 Å². The molecule has 0 aromatic rings. The maximum atomic E-state index is 12.9. The third kappa shape index (κ3) is 4.30. The van der Waals surface area contributed by atoms with Crippen molar-refractivity contribution < 1.29 is 34.0 Å². The van der Waals surface area contributed by atoms with Crippen LogP contribution in [0.2, 0.25) is 0 Å². The Labute approximate surface area is 111 Å². The first-order valence-corrected chi connectivity index (χ1v) is 7.35. The predicted octanol–water partition coefficient (Wildman–Crippen LogP) is 1.23. The molecule has 104 valence electrons. The first-order chi connectivity index (χ1) is 7.27. The first kappa shape index (κ1) is 17.6. The van der Waals surface area contributed by atoms with Crippen LogP contribution in [0.25, 0.3) is 0 Å². The van der Waals surface area contributed by atoms with Gasteiger partial charge in [0.2, 0.25) is 0 Å². The Balaban J connectivity index is 4.95. The molecular formula is C4H5Cl3F2O6S2. The summed E-state index contributed by atoms with van der Waals surface area (Å²) in [6.07, 6.45) is 0. The molecule has 0 aliphatic rings. The number of halogens is 5. The van der Waals surface area contributed by atoms with Gasteiger partial charge in [0.25, 0.3) is 0 Å². The number of rotatable bonds is 5. The van der Waals surface area contributed by atoms with E-state index in [1.54, 1.807) is 0 Å². The van der Waals surface area contributed by atoms with E-state index in [4.69, 9.17) is 34.8 Å². The van der Waals surface area contributed by atoms with Gasteiger partial charge in [0.1, 0.15) is 6.61 Å². The van der Waals surface area contributed by atoms with Crippen molar-refractivity contribution in [2.24, 2.45) is 0 Å². The largest absolute Gasteiger partial charge is 0.394 e. The second kappa shape index (κ2) is 5.27. The third-order valence-electron chi connectivity index (χ3n) is 1.25. The summed E-state index contributed by atoms with van der Waals surface area (Å²) in [7, 11) is -9.86. The van der Waals surface area contributed by atoms with Crippen LogP contribution in [0.15, 0.2) is 0 Å². The third-order valence-corrected chi connectivity index (χ3v) is 5.23. The smallest absolute Gasteiger partial charge is 0.269 e. The van der Waals surface area contributed by atoms with Gasteiger partial charge in [0.05, 0.1) is 7.11 Å². The van der Waals surface area contributed by atoms with E-state index in [-0.39, 0.29) is 0 Å². The van der Waals surface area contributed by atoms with Crippen LogP contribution in [0, 0.1) is 0 Å². The number of hydrogen-bond donors (Lipinski definition) is 0. The summed E-state index contributed by atoms with van der Waals surface area (Å²) in [5.74, 6) is 0. The second-order valence-electron chi connectivity index (χ2n) is 2.42. The fourth-order valence-electron chi connectivity index (χ4n) is 0.407. The Bertz CT molecular complexity index is 466. The Morgan fingerprint density at radius 3 is 1.76 bits per heavy atom. The average Bonchev–Trinajstić information content (AvgIpc) is 2.13. The van der Waals surface area contributed by atoms with E-state index in [9.17, 15) is 25.6 Å². The van der Waals surface area contributed by atoms with Gasteiger partial charge in [-0.25, -0.2) is 0 Å². The molecule has 0 saturated heterocycles. The van der Waals surface area contributed by atoms with E-state index in [0.29, 0.717) is 7.11 Å². The van der Waals surface area contributed by atoms with Gasteiger partial charge >= 0.3 is 28.6 Å². The highest BCUT2D eigenvalue weighted by Gasteiger charge is 2.49. The highest BCUT2D eigenvalue weighted by Crippen LogP contribution is 2.35. The first-order valence-electron chi connectivity index (χ1n) is 3.40. The van der Waals surface area contributed by atoms with Crippen molar-refractivity contribution in [2.45, 2.75) is 8.38 Å². The molecule has 17 heavy (non-hydrogen) atoms. The van der Waals surface area contributed by atoms with Crippen LogP contribution in [0.4, 0.5) is 8.78 Å². The minimum atomic E-state index is -5.32. The zero-order valence-corrected chi connectivity index (χ0v) is 11.8. The molecule has 0 heterocycles. The molecule has 0 fully saturated rings. The van der Waals surface area contributed by atoms with Crippen molar-refractivity contribution in [3.05, 3.63) is 0 Å². The topological polar surface area (TPSA) is 86.7 Å². The lowest BCUT2D eigenvalue weighted by molar-refractivity contribution is 0.0289. The highest BCUT2D eigenvalue weighted by molar-refractivity contribution is 7.93. The maximum absolute atomic E-state index is 12.9. The van der Waals surface area contributed by atoms with Crippen LogP contribution in [-0.2, 0) is 28.6 Å². The van der Waals surface area contributed by atoms with E-state index in [1.807, 2.05) is 0 Å². The van der Waals surface area contributed by atoms with Crippen LogP contribution in [0.5, 0.6) is 0 Å². The molecule has 0 atom stereocenters. The van der Waals surface area contributed by atoms with Crippen molar-refractivity contribution in [1.82, 2.24) is 0 Å². The molecular weight excluding hydrogens is 353 g/mol. The molecule has 6 nitrogen and oxygen atoms in total. The minimum absolute atomic E-state index is 0.465. The molecule has 0 saturated carbocycles. The van der Waals surface area contributed by atoms with Crippen molar-refractivity contribution in [3.8, 4) is 0 Å². The second-order valence-corrected chi connectivity index (χ2v) is 8.97. The van der Waals surface area contributed by atoms with Gasteiger partial charge in [-0.05, 0) is 0 Å². The van der Waals surface area contributed by atoms with Crippen LogP contribution >= 0.6 is 34.8 Å². The van der Waals surface area contributed by atoms with Gasteiger partial charge < -0.3 is 0 Å². The molecule has 0 bridgehead atoms. The summed E-state index contributed by atoms with van der Waals surface area (Å²) in [5.41, 5.74) is 0. The maximum Gasteiger partial charge on any atom is 0.394 e. The molecule has 0 spiro atoms. The van der Waals surface area contributed by atoms with Crippen molar-refractivity contribution in [3.63, 3.8) is 0 Å².